The number of anilines is 1. The predicted molar refractivity (Wildman–Crippen MR) is 212 cm³/mol. The molecule has 55 heavy (non-hydrogen) atoms. The van der Waals surface area contributed by atoms with Crippen LogP contribution in [-0.2, 0) is 37.7 Å². The first-order valence-corrected chi connectivity index (χ1v) is 19.1. The molecule has 0 unspecified atom stereocenters. The summed E-state index contributed by atoms with van der Waals surface area (Å²) in [6.45, 7) is 7.14. The molecular weight excluding hydrogens is 691 g/mol. The largest absolute Gasteiger partial charge is 0.508 e. The number of aromatic nitrogens is 1. The van der Waals surface area contributed by atoms with Crippen molar-refractivity contribution in [3.8, 4) is 17.0 Å². The van der Waals surface area contributed by atoms with Gasteiger partial charge in [-0.3, -0.25) is 19.3 Å². The molecule has 0 bridgehead atoms. The maximum atomic E-state index is 15.3. The van der Waals surface area contributed by atoms with E-state index in [1.807, 2.05) is 76.9 Å². The van der Waals surface area contributed by atoms with Gasteiger partial charge in [-0.15, -0.1) is 0 Å². The number of morpholine rings is 1. The molecule has 1 aromatic heterocycles. The number of fused-ring (bicyclic) bond motifs is 2. The summed E-state index contributed by atoms with van der Waals surface area (Å²) in [5, 5.41) is 9.83. The highest BCUT2D eigenvalue weighted by molar-refractivity contribution is 6.08. The van der Waals surface area contributed by atoms with Gasteiger partial charge in [0.1, 0.15) is 5.75 Å². The predicted octanol–water partition coefficient (Wildman–Crippen LogP) is 6.08. The van der Waals surface area contributed by atoms with Gasteiger partial charge in [-0.05, 0) is 96.6 Å². The number of amides is 3. The number of carbonyl (C=O) groups is 3. The van der Waals surface area contributed by atoms with Gasteiger partial charge in [0, 0.05) is 93.2 Å². The van der Waals surface area contributed by atoms with Gasteiger partial charge in [0.25, 0.3) is 17.7 Å². The number of benzene rings is 4. The van der Waals surface area contributed by atoms with Crippen LogP contribution in [0.5, 0.6) is 5.75 Å². The van der Waals surface area contributed by atoms with E-state index in [9.17, 15) is 14.7 Å². The second kappa shape index (κ2) is 15.2. The lowest BCUT2D eigenvalue weighted by Crippen LogP contribution is -2.52. The molecule has 1 atom stereocenters. The van der Waals surface area contributed by atoms with Crippen molar-refractivity contribution in [2.45, 2.75) is 38.9 Å². The third-order valence-electron chi connectivity index (χ3n) is 11.7. The molecule has 282 valence electrons. The Bertz CT molecular complexity index is 2240. The summed E-state index contributed by atoms with van der Waals surface area (Å²) in [5.74, 6) is -0.154. The topological polar surface area (TPSA) is 98.6 Å². The van der Waals surface area contributed by atoms with E-state index in [4.69, 9.17) is 4.74 Å². The smallest absolute Gasteiger partial charge is 0.259 e. The van der Waals surface area contributed by atoms with Crippen molar-refractivity contribution >= 4 is 23.4 Å². The van der Waals surface area contributed by atoms with Crippen molar-refractivity contribution in [1.29, 1.82) is 0 Å². The Kier molecular flexibility index (Phi) is 10.0. The summed E-state index contributed by atoms with van der Waals surface area (Å²) in [7, 11) is 3.66. The SMILES string of the molecule is Cc1c(C(=O)N(C)c2ccc(O)cc2)cc(-c2cc3c(cc2C(=O)N2Cc4ccccc4C[C@H]2CN2CCOCC2)CN(C(=O)c2ccccc2)CC3)n1C. The zero-order valence-electron chi connectivity index (χ0n) is 31.7. The number of phenols is 1. The first kappa shape index (κ1) is 36.3. The summed E-state index contributed by atoms with van der Waals surface area (Å²) in [4.78, 5) is 50.9. The maximum absolute atomic E-state index is 15.3. The summed E-state index contributed by atoms with van der Waals surface area (Å²) in [6.07, 6.45) is 1.40. The molecule has 1 fully saturated rings. The third-order valence-corrected chi connectivity index (χ3v) is 11.7. The van der Waals surface area contributed by atoms with Crippen molar-refractivity contribution in [1.82, 2.24) is 19.3 Å². The number of hydrogen-bond acceptors (Lipinski definition) is 6. The average molecular weight is 738 g/mol. The van der Waals surface area contributed by atoms with E-state index in [0.29, 0.717) is 61.6 Å². The Hall–Kier alpha value is -5.71. The first-order chi connectivity index (χ1) is 26.7. The molecule has 1 saturated heterocycles. The highest BCUT2D eigenvalue weighted by atomic mass is 16.5. The molecule has 8 rings (SSSR count). The van der Waals surface area contributed by atoms with Crippen molar-refractivity contribution in [2.75, 3.05) is 51.3 Å². The molecule has 3 aliphatic rings. The Morgan fingerprint density at radius 2 is 1.49 bits per heavy atom. The first-order valence-electron chi connectivity index (χ1n) is 19.1. The fourth-order valence-electron chi connectivity index (χ4n) is 8.31. The number of nitrogens with zero attached hydrogens (tertiary/aromatic N) is 5. The van der Waals surface area contributed by atoms with Crippen LogP contribution in [0, 0.1) is 6.92 Å². The second-order valence-corrected chi connectivity index (χ2v) is 15.0. The fraction of sp³-hybridized carbons (Fsp3) is 0.311. The van der Waals surface area contributed by atoms with Gasteiger partial charge in [0.15, 0.2) is 0 Å². The van der Waals surface area contributed by atoms with Gasteiger partial charge in [-0.2, -0.15) is 0 Å². The van der Waals surface area contributed by atoms with Crippen LogP contribution in [0.3, 0.4) is 0 Å². The molecule has 0 radical (unpaired) electrons. The molecule has 10 heteroatoms. The van der Waals surface area contributed by atoms with E-state index in [1.165, 1.54) is 5.56 Å². The molecule has 3 aliphatic heterocycles. The lowest BCUT2D eigenvalue weighted by Gasteiger charge is -2.41. The number of aromatic hydroxyl groups is 1. The summed E-state index contributed by atoms with van der Waals surface area (Å²) < 4.78 is 7.66. The van der Waals surface area contributed by atoms with E-state index >= 15 is 4.79 Å². The standard InChI is InChI=1S/C45H47N5O5/c1-30-39(44(53)47(3)36-13-15-38(51)16-14-36)26-42(46(30)2)40-24-33-17-18-49(43(52)31-9-5-4-6-10-31)27-35(33)25-41(40)45(54)50-28-34-12-8-7-11-32(34)23-37(50)29-48-19-21-55-22-20-48/h4-16,24-26,37,51H,17-23,27-29H2,1-3H3/t37-/m0/s1. The van der Waals surface area contributed by atoms with Crippen molar-refractivity contribution in [2.24, 2.45) is 7.05 Å². The van der Waals surface area contributed by atoms with E-state index in [0.717, 1.165) is 59.7 Å². The monoisotopic (exact) mass is 737 g/mol. The minimum atomic E-state index is -0.191. The second-order valence-electron chi connectivity index (χ2n) is 15.0. The zero-order valence-corrected chi connectivity index (χ0v) is 31.7. The summed E-state index contributed by atoms with van der Waals surface area (Å²) in [6, 6.07) is 30.3. The number of carbonyl (C=O) groups excluding carboxylic acids is 3. The highest BCUT2D eigenvalue weighted by Gasteiger charge is 2.35. The quantitative estimate of drug-likeness (QED) is 0.218. The van der Waals surface area contributed by atoms with E-state index in [1.54, 1.807) is 36.2 Å². The number of phenolic OH excluding ortho intramolecular Hbond substituents is 1. The molecule has 0 spiro atoms. The average Bonchev–Trinajstić information content (AvgIpc) is 3.52. The normalized spacial score (nSPS) is 17.0. The van der Waals surface area contributed by atoms with Crippen molar-refractivity contribution in [3.05, 3.63) is 142 Å². The van der Waals surface area contributed by atoms with Crippen LogP contribution in [-0.4, -0.2) is 94.6 Å². The van der Waals surface area contributed by atoms with Crippen LogP contribution < -0.4 is 4.90 Å². The van der Waals surface area contributed by atoms with Crippen molar-refractivity contribution in [3.63, 3.8) is 0 Å². The van der Waals surface area contributed by atoms with Crippen LogP contribution in [0.1, 0.15) is 59.0 Å². The third kappa shape index (κ3) is 7.15. The molecule has 1 N–H and O–H groups in total. The van der Waals surface area contributed by atoms with Gasteiger partial charge in [0.05, 0.1) is 18.8 Å². The van der Waals surface area contributed by atoms with Crippen molar-refractivity contribution < 1.29 is 24.2 Å². The molecule has 10 nitrogen and oxygen atoms in total. The molecule has 4 heterocycles. The summed E-state index contributed by atoms with van der Waals surface area (Å²) in [5.41, 5.74) is 9.17. The molecule has 0 aliphatic carbocycles. The molecule has 3 amide bonds. The fourth-order valence-corrected chi connectivity index (χ4v) is 8.31. The van der Waals surface area contributed by atoms with Crippen LogP contribution >= 0.6 is 0 Å². The molecule has 0 saturated carbocycles. The Labute approximate surface area is 322 Å². The maximum Gasteiger partial charge on any atom is 0.259 e. The highest BCUT2D eigenvalue weighted by Crippen LogP contribution is 2.36. The van der Waals surface area contributed by atoms with Gasteiger partial charge in [0.2, 0.25) is 0 Å². The summed E-state index contributed by atoms with van der Waals surface area (Å²) >= 11 is 0. The Balaban J connectivity index is 1.21. The molecule has 5 aromatic rings. The lowest BCUT2D eigenvalue weighted by atomic mass is 9.89. The van der Waals surface area contributed by atoms with Crippen LogP contribution in [0.15, 0.2) is 97.1 Å². The zero-order chi connectivity index (χ0) is 38.2. The van der Waals surface area contributed by atoms with Crippen LogP contribution in [0.2, 0.25) is 0 Å². The van der Waals surface area contributed by atoms with Gasteiger partial charge < -0.3 is 29.1 Å². The van der Waals surface area contributed by atoms with E-state index < -0.39 is 0 Å². The number of ether oxygens (including phenoxy) is 1. The van der Waals surface area contributed by atoms with Gasteiger partial charge in [-0.25, -0.2) is 0 Å². The van der Waals surface area contributed by atoms with Crippen LogP contribution in [0.4, 0.5) is 5.69 Å². The minimum absolute atomic E-state index is 0.0274. The molecular formula is C45H47N5O5. The van der Waals surface area contributed by atoms with E-state index in [-0.39, 0.29) is 29.5 Å². The lowest BCUT2D eigenvalue weighted by molar-refractivity contribution is 0.0193. The van der Waals surface area contributed by atoms with Gasteiger partial charge >= 0.3 is 0 Å². The number of rotatable bonds is 7. The Morgan fingerprint density at radius 3 is 2.24 bits per heavy atom. The minimum Gasteiger partial charge on any atom is -0.508 e. The molecule has 4 aromatic carbocycles. The van der Waals surface area contributed by atoms with Gasteiger partial charge in [-0.1, -0.05) is 42.5 Å². The number of hydrogen-bond donors (Lipinski definition) is 1. The Morgan fingerprint density at radius 1 is 0.782 bits per heavy atom. The van der Waals surface area contributed by atoms with Crippen LogP contribution in [0.25, 0.3) is 11.3 Å². The van der Waals surface area contributed by atoms with E-state index in [2.05, 4.69) is 29.2 Å².